The monoisotopic (exact) mass is 375 g/mol. The molecule has 1 aromatic heterocycles. The quantitative estimate of drug-likeness (QED) is 0.659. The van der Waals surface area contributed by atoms with E-state index in [1.54, 1.807) is 7.11 Å². The molecule has 0 amide bonds. The van der Waals surface area contributed by atoms with Gasteiger partial charge in [0.05, 0.1) is 18.8 Å². The second-order valence-corrected chi connectivity index (χ2v) is 8.29. The van der Waals surface area contributed by atoms with Crippen LogP contribution in [0.25, 0.3) is 10.9 Å². The zero-order valence-electron chi connectivity index (χ0n) is 16.5. The van der Waals surface area contributed by atoms with Crippen LogP contribution in [0.5, 0.6) is 5.75 Å². The normalized spacial score (nSPS) is 23.5. The number of aromatic nitrogens is 1. The summed E-state index contributed by atoms with van der Waals surface area (Å²) in [6.07, 6.45) is 7.46. The average Bonchev–Trinajstić information content (AvgIpc) is 3.15. The van der Waals surface area contributed by atoms with Gasteiger partial charge in [-0.25, -0.2) is 0 Å². The molecule has 0 unspecified atom stereocenters. The van der Waals surface area contributed by atoms with Crippen LogP contribution in [0.4, 0.5) is 5.69 Å². The molecule has 4 nitrogen and oxygen atoms in total. The highest BCUT2D eigenvalue weighted by molar-refractivity contribution is 5.83. The number of rotatable bonds is 5. The van der Waals surface area contributed by atoms with Gasteiger partial charge in [-0.15, -0.1) is 0 Å². The van der Waals surface area contributed by atoms with Gasteiger partial charge in [0, 0.05) is 36.2 Å². The van der Waals surface area contributed by atoms with Gasteiger partial charge in [0.1, 0.15) is 5.75 Å². The lowest BCUT2D eigenvalue weighted by Crippen LogP contribution is -2.59. The highest BCUT2D eigenvalue weighted by Crippen LogP contribution is 2.39. The van der Waals surface area contributed by atoms with Crippen LogP contribution >= 0.6 is 0 Å². The largest absolute Gasteiger partial charge is 0.495 e. The molecule has 2 aliphatic rings. The second-order valence-electron chi connectivity index (χ2n) is 8.29. The minimum absolute atomic E-state index is 0.530. The van der Waals surface area contributed by atoms with E-state index in [1.807, 2.05) is 12.1 Å². The van der Waals surface area contributed by atoms with E-state index in [9.17, 15) is 0 Å². The van der Waals surface area contributed by atoms with E-state index in [0.29, 0.717) is 12.0 Å². The van der Waals surface area contributed by atoms with Crippen molar-refractivity contribution in [3.05, 3.63) is 60.3 Å². The summed E-state index contributed by atoms with van der Waals surface area (Å²) in [5.41, 5.74) is 3.90. The number of nitrogens with zero attached hydrogens (tertiary/aromatic N) is 1. The Balaban J connectivity index is 1.14. The van der Waals surface area contributed by atoms with Crippen molar-refractivity contribution in [1.82, 2.24) is 9.88 Å². The van der Waals surface area contributed by atoms with Gasteiger partial charge in [-0.3, -0.25) is 4.90 Å². The summed E-state index contributed by atoms with van der Waals surface area (Å²) in [5.74, 6) is 1.64. The molecule has 1 saturated heterocycles. The third kappa shape index (κ3) is 3.26. The maximum Gasteiger partial charge on any atom is 0.141 e. The number of fused-ring (bicyclic) bond motifs is 1. The molecule has 5 rings (SSSR count). The molecular formula is C24H29N3O. The number of ether oxygens (including phenoxy) is 1. The van der Waals surface area contributed by atoms with Gasteiger partial charge in [0.15, 0.2) is 0 Å². The zero-order chi connectivity index (χ0) is 18.9. The molecule has 0 atom stereocenters. The Kier molecular flexibility index (Phi) is 4.73. The fraction of sp³-hybridized carbons (Fsp3) is 0.417. The van der Waals surface area contributed by atoms with E-state index in [2.05, 4.69) is 57.8 Å². The molecule has 0 bridgehead atoms. The summed E-state index contributed by atoms with van der Waals surface area (Å²) < 4.78 is 5.46. The number of hydrogen-bond acceptors (Lipinski definition) is 3. The first kappa shape index (κ1) is 17.6. The zero-order valence-corrected chi connectivity index (χ0v) is 16.5. The maximum atomic E-state index is 5.46. The molecule has 28 heavy (non-hydrogen) atoms. The minimum atomic E-state index is 0.530. The Labute approximate surface area is 166 Å². The first-order valence-electron chi connectivity index (χ1n) is 10.5. The topological polar surface area (TPSA) is 40.3 Å². The number of methoxy groups -OCH3 is 1. The molecule has 1 aliphatic carbocycles. The first-order valence-corrected chi connectivity index (χ1v) is 10.5. The van der Waals surface area contributed by atoms with Crippen molar-refractivity contribution < 1.29 is 4.74 Å². The number of hydrogen-bond donors (Lipinski definition) is 2. The first-order chi connectivity index (χ1) is 13.8. The standard InChI is InChI=1S/C24H29N3O/c1-28-24-9-5-4-8-23(24)26-18-15-27(16-18)19-12-10-17(11-13-19)21-14-25-22-7-3-2-6-20(21)22/h2-9,14,17-19,25-26H,10-13,15-16H2,1H3. The maximum absolute atomic E-state index is 5.46. The molecular weight excluding hydrogens is 346 g/mol. The predicted octanol–water partition coefficient (Wildman–Crippen LogP) is 5.00. The van der Waals surface area contributed by atoms with Crippen LogP contribution in [0.1, 0.15) is 37.2 Å². The van der Waals surface area contributed by atoms with Gasteiger partial charge < -0.3 is 15.0 Å². The number of anilines is 1. The van der Waals surface area contributed by atoms with Gasteiger partial charge >= 0.3 is 0 Å². The number of H-pyrrole nitrogens is 1. The molecule has 2 N–H and O–H groups in total. The van der Waals surface area contributed by atoms with Crippen molar-refractivity contribution in [3.8, 4) is 5.75 Å². The SMILES string of the molecule is COc1ccccc1NC1CN(C2CCC(c3c[nH]c4ccccc34)CC2)C1. The molecule has 4 heteroatoms. The van der Waals surface area contributed by atoms with Crippen LogP contribution in [0.2, 0.25) is 0 Å². The summed E-state index contributed by atoms with van der Waals surface area (Å²) in [6.45, 7) is 2.28. The summed E-state index contributed by atoms with van der Waals surface area (Å²) in [6, 6.07) is 18.2. The molecule has 0 spiro atoms. The summed E-state index contributed by atoms with van der Waals surface area (Å²) >= 11 is 0. The van der Waals surface area contributed by atoms with Crippen LogP contribution in [0, 0.1) is 0 Å². The van der Waals surface area contributed by atoms with E-state index in [0.717, 1.165) is 30.6 Å². The van der Waals surface area contributed by atoms with Crippen molar-refractivity contribution >= 4 is 16.6 Å². The van der Waals surface area contributed by atoms with Gasteiger partial charge in [-0.2, -0.15) is 0 Å². The molecule has 0 radical (unpaired) electrons. The van der Waals surface area contributed by atoms with Gasteiger partial charge in [0.2, 0.25) is 0 Å². The van der Waals surface area contributed by atoms with E-state index in [1.165, 1.54) is 42.1 Å². The third-order valence-corrected chi connectivity index (χ3v) is 6.65. The summed E-state index contributed by atoms with van der Waals surface area (Å²) in [4.78, 5) is 6.12. The number of nitrogens with one attached hydrogen (secondary N) is 2. The van der Waals surface area contributed by atoms with Crippen LogP contribution in [0.15, 0.2) is 54.7 Å². The Morgan fingerprint density at radius 3 is 2.54 bits per heavy atom. The average molecular weight is 376 g/mol. The van der Waals surface area contributed by atoms with Gasteiger partial charge in [0.25, 0.3) is 0 Å². The van der Waals surface area contributed by atoms with Crippen molar-refractivity contribution in [2.75, 3.05) is 25.5 Å². The third-order valence-electron chi connectivity index (χ3n) is 6.65. The lowest BCUT2D eigenvalue weighted by atomic mass is 9.80. The molecule has 2 heterocycles. The second kappa shape index (κ2) is 7.51. The summed E-state index contributed by atoms with van der Waals surface area (Å²) in [7, 11) is 1.74. The van der Waals surface area contributed by atoms with Crippen LogP contribution in [-0.4, -0.2) is 42.2 Å². The number of likely N-dealkylation sites (tertiary alicyclic amines) is 1. The van der Waals surface area contributed by atoms with E-state index in [4.69, 9.17) is 4.74 Å². The lowest BCUT2D eigenvalue weighted by molar-refractivity contribution is 0.0749. The van der Waals surface area contributed by atoms with Crippen molar-refractivity contribution in [2.45, 2.75) is 43.7 Å². The highest BCUT2D eigenvalue weighted by Gasteiger charge is 2.35. The van der Waals surface area contributed by atoms with Gasteiger partial charge in [-0.05, 0) is 55.4 Å². The number of para-hydroxylation sites is 3. The lowest BCUT2D eigenvalue weighted by Gasteiger charge is -2.47. The molecule has 2 aromatic carbocycles. The van der Waals surface area contributed by atoms with Crippen molar-refractivity contribution in [2.24, 2.45) is 0 Å². The Morgan fingerprint density at radius 2 is 1.71 bits per heavy atom. The number of aromatic amines is 1. The smallest absolute Gasteiger partial charge is 0.141 e. The van der Waals surface area contributed by atoms with Gasteiger partial charge in [-0.1, -0.05) is 30.3 Å². The fourth-order valence-electron chi connectivity index (χ4n) is 5.07. The Morgan fingerprint density at radius 1 is 0.964 bits per heavy atom. The van der Waals surface area contributed by atoms with E-state index in [-0.39, 0.29) is 0 Å². The van der Waals surface area contributed by atoms with Crippen LogP contribution in [-0.2, 0) is 0 Å². The van der Waals surface area contributed by atoms with Crippen molar-refractivity contribution in [3.63, 3.8) is 0 Å². The van der Waals surface area contributed by atoms with E-state index < -0.39 is 0 Å². The molecule has 146 valence electrons. The van der Waals surface area contributed by atoms with Crippen LogP contribution in [0.3, 0.4) is 0 Å². The molecule has 1 aliphatic heterocycles. The Hall–Kier alpha value is -2.46. The highest BCUT2D eigenvalue weighted by atomic mass is 16.5. The van der Waals surface area contributed by atoms with Crippen LogP contribution < -0.4 is 10.1 Å². The molecule has 3 aromatic rings. The fourth-order valence-corrected chi connectivity index (χ4v) is 5.07. The van der Waals surface area contributed by atoms with E-state index >= 15 is 0 Å². The molecule has 1 saturated carbocycles. The predicted molar refractivity (Wildman–Crippen MR) is 115 cm³/mol. The summed E-state index contributed by atoms with van der Waals surface area (Å²) in [5, 5.41) is 5.06. The number of benzene rings is 2. The Bertz CT molecular complexity index is 936. The minimum Gasteiger partial charge on any atom is -0.495 e. The molecule has 2 fully saturated rings. The van der Waals surface area contributed by atoms with Crippen molar-refractivity contribution in [1.29, 1.82) is 0 Å².